The summed E-state index contributed by atoms with van der Waals surface area (Å²) in [5, 5.41) is 16.0. The molecule has 1 aliphatic rings. The monoisotopic (exact) mass is 409 g/mol. The number of benzene rings is 3. The first-order chi connectivity index (χ1) is 14.1. The van der Waals surface area contributed by atoms with Gasteiger partial charge in [0.05, 0.1) is 17.3 Å². The molecule has 0 aromatic heterocycles. The van der Waals surface area contributed by atoms with E-state index in [1.165, 1.54) is 0 Å². The average Bonchev–Trinajstić information content (AvgIpc) is 2.73. The predicted octanol–water partition coefficient (Wildman–Crippen LogP) is 3.96. The van der Waals surface area contributed by atoms with Crippen LogP contribution in [0.1, 0.15) is 5.56 Å². The Morgan fingerprint density at radius 1 is 0.931 bits per heavy atom. The van der Waals surface area contributed by atoms with Crippen LogP contribution >= 0.6 is 11.6 Å². The summed E-state index contributed by atoms with van der Waals surface area (Å²) in [6, 6.07) is 19.1. The van der Waals surface area contributed by atoms with Gasteiger partial charge in [-0.15, -0.1) is 0 Å². The van der Waals surface area contributed by atoms with Gasteiger partial charge < -0.3 is 10.4 Å². The molecule has 4 rings (SSSR count). The van der Waals surface area contributed by atoms with Crippen molar-refractivity contribution in [1.82, 2.24) is 9.80 Å². The molecule has 150 valence electrons. The molecule has 1 aliphatic heterocycles. The number of para-hydroxylation sites is 1. The van der Waals surface area contributed by atoms with Gasteiger partial charge in [-0.05, 0) is 29.0 Å². The lowest BCUT2D eigenvalue weighted by Gasteiger charge is -2.34. The molecule has 3 aromatic rings. The zero-order valence-electron chi connectivity index (χ0n) is 16.1. The number of amides is 1. The van der Waals surface area contributed by atoms with E-state index in [1.807, 2.05) is 30.3 Å². The quantitative estimate of drug-likeness (QED) is 0.669. The SMILES string of the molecule is O=C(CN1CCN(Cc2c(O)ccc3ccccc23)CC1)Nc1ccccc1Cl. The molecule has 5 nitrogen and oxygen atoms in total. The number of halogens is 1. The topological polar surface area (TPSA) is 55.8 Å². The molecule has 0 unspecified atom stereocenters. The molecular formula is C23H24ClN3O2. The van der Waals surface area contributed by atoms with Gasteiger partial charge in [0.15, 0.2) is 0 Å². The Kier molecular flexibility index (Phi) is 6.00. The second-order valence-corrected chi connectivity index (χ2v) is 7.77. The fourth-order valence-electron chi connectivity index (χ4n) is 3.78. The van der Waals surface area contributed by atoms with Crippen LogP contribution in [0.5, 0.6) is 5.75 Å². The third-order valence-electron chi connectivity index (χ3n) is 5.38. The summed E-state index contributed by atoms with van der Waals surface area (Å²) in [5.41, 5.74) is 1.61. The van der Waals surface area contributed by atoms with E-state index in [1.54, 1.807) is 18.2 Å². The van der Waals surface area contributed by atoms with Crippen LogP contribution in [0, 0.1) is 0 Å². The van der Waals surface area contributed by atoms with Gasteiger partial charge in [0.1, 0.15) is 5.75 Å². The van der Waals surface area contributed by atoms with Gasteiger partial charge in [-0.2, -0.15) is 0 Å². The minimum atomic E-state index is -0.0572. The van der Waals surface area contributed by atoms with E-state index in [4.69, 9.17) is 11.6 Å². The van der Waals surface area contributed by atoms with E-state index in [2.05, 4.69) is 27.2 Å². The Morgan fingerprint density at radius 2 is 1.62 bits per heavy atom. The second-order valence-electron chi connectivity index (χ2n) is 7.36. The summed E-state index contributed by atoms with van der Waals surface area (Å²) in [4.78, 5) is 16.8. The number of hydrogen-bond donors (Lipinski definition) is 2. The highest BCUT2D eigenvalue weighted by Crippen LogP contribution is 2.28. The van der Waals surface area contributed by atoms with Crippen LogP contribution in [0.25, 0.3) is 10.8 Å². The number of carbonyl (C=O) groups is 1. The smallest absolute Gasteiger partial charge is 0.238 e. The number of aromatic hydroxyl groups is 1. The van der Waals surface area contributed by atoms with Crippen LogP contribution in [0.2, 0.25) is 5.02 Å². The molecule has 6 heteroatoms. The first-order valence-corrected chi connectivity index (χ1v) is 10.2. The van der Waals surface area contributed by atoms with Crippen LogP contribution in [0.4, 0.5) is 5.69 Å². The van der Waals surface area contributed by atoms with Gasteiger partial charge in [-0.3, -0.25) is 14.6 Å². The van der Waals surface area contributed by atoms with Gasteiger partial charge in [-0.1, -0.05) is 54.1 Å². The summed E-state index contributed by atoms with van der Waals surface area (Å²) < 4.78 is 0. The van der Waals surface area contributed by atoms with E-state index < -0.39 is 0 Å². The Balaban J connectivity index is 1.33. The van der Waals surface area contributed by atoms with Gasteiger partial charge in [0.2, 0.25) is 5.91 Å². The van der Waals surface area contributed by atoms with Gasteiger partial charge in [0.25, 0.3) is 0 Å². The molecule has 0 radical (unpaired) electrons. The van der Waals surface area contributed by atoms with E-state index in [0.717, 1.165) is 42.5 Å². The van der Waals surface area contributed by atoms with Crippen LogP contribution < -0.4 is 5.32 Å². The first-order valence-electron chi connectivity index (χ1n) is 9.79. The summed E-state index contributed by atoms with van der Waals surface area (Å²) >= 11 is 6.11. The lowest BCUT2D eigenvalue weighted by atomic mass is 10.0. The summed E-state index contributed by atoms with van der Waals surface area (Å²) in [6.07, 6.45) is 0. The molecule has 1 fully saturated rings. The Hall–Kier alpha value is -2.60. The fraction of sp³-hybridized carbons (Fsp3) is 0.261. The Morgan fingerprint density at radius 3 is 2.41 bits per heavy atom. The van der Waals surface area contributed by atoms with Crippen molar-refractivity contribution in [3.05, 3.63) is 71.2 Å². The lowest BCUT2D eigenvalue weighted by Crippen LogP contribution is -2.48. The Labute approximate surface area is 175 Å². The van der Waals surface area contributed by atoms with E-state index in [9.17, 15) is 9.90 Å². The normalized spacial score (nSPS) is 15.5. The second kappa shape index (κ2) is 8.82. The predicted molar refractivity (Wildman–Crippen MR) is 117 cm³/mol. The molecule has 29 heavy (non-hydrogen) atoms. The molecule has 1 amide bonds. The van der Waals surface area contributed by atoms with Crippen molar-refractivity contribution in [3.63, 3.8) is 0 Å². The maximum Gasteiger partial charge on any atom is 0.238 e. The summed E-state index contributed by atoms with van der Waals surface area (Å²) in [6.45, 7) is 4.36. The maximum atomic E-state index is 12.3. The largest absolute Gasteiger partial charge is 0.508 e. The number of fused-ring (bicyclic) bond motifs is 1. The summed E-state index contributed by atoms with van der Waals surface area (Å²) in [7, 11) is 0. The minimum absolute atomic E-state index is 0.0572. The van der Waals surface area contributed by atoms with Crippen LogP contribution in [-0.4, -0.2) is 53.5 Å². The number of nitrogens with zero attached hydrogens (tertiary/aromatic N) is 2. The van der Waals surface area contributed by atoms with Gasteiger partial charge in [-0.25, -0.2) is 0 Å². The Bertz CT molecular complexity index is 1020. The van der Waals surface area contributed by atoms with E-state index in [-0.39, 0.29) is 5.91 Å². The van der Waals surface area contributed by atoms with Crippen molar-refractivity contribution < 1.29 is 9.90 Å². The molecular weight excluding hydrogens is 386 g/mol. The zero-order chi connectivity index (χ0) is 20.2. The van der Waals surface area contributed by atoms with Crippen molar-refractivity contribution in [2.45, 2.75) is 6.54 Å². The third kappa shape index (κ3) is 4.70. The molecule has 0 bridgehead atoms. The number of hydrogen-bond acceptors (Lipinski definition) is 4. The van der Waals surface area contributed by atoms with Gasteiger partial charge in [0, 0.05) is 38.3 Å². The minimum Gasteiger partial charge on any atom is -0.508 e. The van der Waals surface area contributed by atoms with Crippen LogP contribution in [0.15, 0.2) is 60.7 Å². The number of phenols is 1. The maximum absolute atomic E-state index is 12.3. The first kappa shape index (κ1) is 19.7. The van der Waals surface area contributed by atoms with Gasteiger partial charge >= 0.3 is 0 Å². The molecule has 0 atom stereocenters. The van der Waals surface area contributed by atoms with E-state index in [0.29, 0.717) is 29.5 Å². The number of rotatable bonds is 5. The molecule has 1 heterocycles. The molecule has 0 spiro atoms. The van der Waals surface area contributed by atoms with Crippen LogP contribution in [0.3, 0.4) is 0 Å². The highest BCUT2D eigenvalue weighted by atomic mass is 35.5. The number of phenolic OH excluding ortho intramolecular Hbond substituents is 1. The number of carbonyl (C=O) groups excluding carboxylic acids is 1. The highest BCUT2D eigenvalue weighted by molar-refractivity contribution is 6.33. The molecule has 2 N–H and O–H groups in total. The van der Waals surface area contributed by atoms with E-state index >= 15 is 0 Å². The molecule has 1 saturated heterocycles. The number of nitrogens with one attached hydrogen (secondary N) is 1. The van der Waals surface area contributed by atoms with Crippen molar-refractivity contribution in [2.75, 3.05) is 38.0 Å². The molecule has 0 saturated carbocycles. The lowest BCUT2D eigenvalue weighted by molar-refractivity contribution is -0.117. The van der Waals surface area contributed by atoms with Crippen molar-refractivity contribution >= 4 is 34.0 Å². The number of piperazine rings is 1. The highest BCUT2D eigenvalue weighted by Gasteiger charge is 2.21. The fourth-order valence-corrected chi connectivity index (χ4v) is 3.96. The van der Waals surface area contributed by atoms with Crippen molar-refractivity contribution in [2.24, 2.45) is 0 Å². The van der Waals surface area contributed by atoms with Crippen LogP contribution in [-0.2, 0) is 11.3 Å². The number of anilines is 1. The molecule has 0 aliphatic carbocycles. The standard InChI is InChI=1S/C23H24ClN3O2/c24-20-7-3-4-8-21(20)25-23(29)16-27-13-11-26(12-14-27)15-19-18-6-2-1-5-17(18)9-10-22(19)28/h1-10,28H,11-16H2,(H,25,29). The zero-order valence-corrected chi connectivity index (χ0v) is 16.9. The average molecular weight is 410 g/mol. The van der Waals surface area contributed by atoms with Crippen molar-refractivity contribution in [1.29, 1.82) is 0 Å². The van der Waals surface area contributed by atoms with Crippen molar-refractivity contribution in [3.8, 4) is 5.75 Å². The summed E-state index contributed by atoms with van der Waals surface area (Å²) in [5.74, 6) is 0.281. The third-order valence-corrected chi connectivity index (χ3v) is 5.71. The molecule has 3 aromatic carbocycles.